The summed E-state index contributed by atoms with van der Waals surface area (Å²) in [6, 6.07) is 0. The highest BCUT2D eigenvalue weighted by atomic mass is 16.6. The van der Waals surface area contributed by atoms with Gasteiger partial charge in [-0.15, -0.1) is 0 Å². The molecule has 0 N–H and O–H groups in total. The molecule has 0 aromatic carbocycles. The molecular weight excluding hydrogens is 320 g/mol. The van der Waals surface area contributed by atoms with Crippen LogP contribution in [0.15, 0.2) is 0 Å². The van der Waals surface area contributed by atoms with E-state index in [0.29, 0.717) is 6.61 Å². The maximum atomic E-state index is 11.0. The van der Waals surface area contributed by atoms with E-state index < -0.39 is 0 Å². The number of hydrogen-bond donors (Lipinski definition) is 0. The molecule has 0 bridgehead atoms. The first-order chi connectivity index (χ1) is 12.8. The second-order valence-electron chi connectivity index (χ2n) is 8.48. The molecule has 0 saturated carbocycles. The van der Waals surface area contributed by atoms with E-state index in [1.54, 1.807) is 0 Å². The van der Waals surface area contributed by atoms with Crippen LogP contribution in [0.4, 0.5) is 0 Å². The minimum atomic E-state index is 0.0346. The van der Waals surface area contributed by atoms with Crippen molar-refractivity contribution < 1.29 is 9.53 Å². The van der Waals surface area contributed by atoms with Gasteiger partial charge in [0.15, 0.2) is 0 Å². The van der Waals surface area contributed by atoms with Crippen molar-refractivity contribution in [1.82, 2.24) is 0 Å². The van der Waals surface area contributed by atoms with Crippen LogP contribution >= 0.6 is 0 Å². The molecule has 1 aliphatic heterocycles. The van der Waals surface area contributed by atoms with Gasteiger partial charge in [-0.2, -0.15) is 0 Å². The molecule has 2 nitrogen and oxygen atoms in total. The van der Waals surface area contributed by atoms with Crippen LogP contribution in [0, 0.1) is 5.92 Å². The monoisotopic (exact) mass is 366 g/mol. The Morgan fingerprint density at radius 3 is 1.23 bits per heavy atom. The number of ether oxygens (including phenoxy) is 1. The van der Waals surface area contributed by atoms with Gasteiger partial charge in [-0.25, -0.2) is 0 Å². The predicted molar refractivity (Wildman–Crippen MR) is 112 cm³/mol. The molecule has 1 rings (SSSR count). The summed E-state index contributed by atoms with van der Waals surface area (Å²) in [6.07, 6.45) is 27.9. The lowest BCUT2D eigenvalue weighted by atomic mass is 9.98. The second kappa shape index (κ2) is 17.9. The molecule has 0 aromatic rings. The summed E-state index contributed by atoms with van der Waals surface area (Å²) >= 11 is 0. The van der Waals surface area contributed by atoms with E-state index in [2.05, 4.69) is 6.92 Å². The normalized spacial score (nSPS) is 16.5. The second-order valence-corrected chi connectivity index (χ2v) is 8.48. The summed E-state index contributed by atoms with van der Waals surface area (Å²) in [5, 5.41) is 0. The van der Waals surface area contributed by atoms with Crippen molar-refractivity contribution in [3.8, 4) is 0 Å². The SMILES string of the molecule is CCCCCCCCCCCCCCCCCCCCCC1COC1=O. The number of carbonyl (C=O) groups is 1. The maximum Gasteiger partial charge on any atom is 0.312 e. The third kappa shape index (κ3) is 13.6. The van der Waals surface area contributed by atoms with Crippen molar-refractivity contribution in [3.63, 3.8) is 0 Å². The lowest BCUT2D eigenvalue weighted by Crippen LogP contribution is -2.34. The molecule has 0 aliphatic carbocycles. The highest BCUT2D eigenvalue weighted by Gasteiger charge is 2.29. The molecule has 0 radical (unpaired) electrons. The van der Waals surface area contributed by atoms with Gasteiger partial charge < -0.3 is 4.74 Å². The van der Waals surface area contributed by atoms with Crippen LogP contribution in [-0.4, -0.2) is 12.6 Å². The number of hydrogen-bond acceptors (Lipinski definition) is 2. The molecule has 1 atom stereocenters. The Morgan fingerprint density at radius 2 is 0.962 bits per heavy atom. The fraction of sp³-hybridized carbons (Fsp3) is 0.958. The van der Waals surface area contributed by atoms with Gasteiger partial charge in [0, 0.05) is 0 Å². The van der Waals surface area contributed by atoms with E-state index >= 15 is 0 Å². The van der Waals surface area contributed by atoms with Crippen LogP contribution in [0.25, 0.3) is 0 Å². The molecule has 0 amide bonds. The van der Waals surface area contributed by atoms with Crippen LogP contribution in [-0.2, 0) is 9.53 Å². The average molecular weight is 367 g/mol. The van der Waals surface area contributed by atoms with Gasteiger partial charge in [-0.1, -0.05) is 129 Å². The van der Waals surface area contributed by atoms with Crippen LogP contribution in [0.5, 0.6) is 0 Å². The number of cyclic esters (lactones) is 1. The van der Waals surface area contributed by atoms with E-state index in [4.69, 9.17) is 4.74 Å². The molecule has 2 heteroatoms. The fourth-order valence-electron chi connectivity index (χ4n) is 3.94. The summed E-state index contributed by atoms with van der Waals surface area (Å²) in [6.45, 7) is 2.97. The van der Waals surface area contributed by atoms with Gasteiger partial charge in [0.1, 0.15) is 6.61 Å². The van der Waals surface area contributed by atoms with Crippen LogP contribution in [0.3, 0.4) is 0 Å². The number of carbonyl (C=O) groups excluding carboxylic acids is 1. The van der Waals surface area contributed by atoms with Crippen molar-refractivity contribution in [2.75, 3.05) is 6.61 Å². The average Bonchev–Trinajstić information content (AvgIpc) is 2.65. The van der Waals surface area contributed by atoms with E-state index in [-0.39, 0.29) is 11.9 Å². The molecule has 1 heterocycles. The number of esters is 1. The summed E-state index contributed by atoms with van der Waals surface area (Å²) in [7, 11) is 0. The highest BCUT2D eigenvalue weighted by Crippen LogP contribution is 2.20. The van der Waals surface area contributed by atoms with Crippen LogP contribution in [0.1, 0.15) is 135 Å². The third-order valence-corrected chi connectivity index (χ3v) is 5.92. The molecule has 0 spiro atoms. The standard InChI is InChI=1S/C24H46O2/c1-2-3-4-5-6-7-8-9-10-11-12-13-14-15-16-17-18-19-20-21-23-22-26-24(23)25/h23H,2-22H2,1H3. The van der Waals surface area contributed by atoms with Crippen molar-refractivity contribution >= 4 is 5.97 Å². The molecule has 1 aliphatic rings. The lowest BCUT2D eigenvalue weighted by molar-refractivity contribution is -0.169. The Balaban J connectivity index is 1.63. The number of rotatable bonds is 20. The molecule has 26 heavy (non-hydrogen) atoms. The zero-order valence-electron chi connectivity index (χ0n) is 17.7. The van der Waals surface area contributed by atoms with Gasteiger partial charge in [0.05, 0.1) is 5.92 Å². The molecular formula is C24H46O2. The zero-order chi connectivity index (χ0) is 18.7. The van der Waals surface area contributed by atoms with Gasteiger partial charge in [0.2, 0.25) is 0 Å². The summed E-state index contributed by atoms with van der Waals surface area (Å²) < 4.78 is 4.80. The lowest BCUT2D eigenvalue weighted by Gasteiger charge is -2.24. The third-order valence-electron chi connectivity index (χ3n) is 5.92. The Kier molecular flexibility index (Phi) is 16.2. The molecule has 1 saturated heterocycles. The minimum Gasteiger partial charge on any atom is -0.464 e. The zero-order valence-corrected chi connectivity index (χ0v) is 17.7. The van der Waals surface area contributed by atoms with Crippen molar-refractivity contribution in [1.29, 1.82) is 0 Å². The first kappa shape index (κ1) is 23.5. The van der Waals surface area contributed by atoms with Crippen molar-refractivity contribution in [2.24, 2.45) is 5.92 Å². The first-order valence-electron chi connectivity index (χ1n) is 12.0. The highest BCUT2D eigenvalue weighted by molar-refractivity contribution is 5.77. The van der Waals surface area contributed by atoms with Crippen LogP contribution in [0.2, 0.25) is 0 Å². The van der Waals surface area contributed by atoms with E-state index in [1.165, 1.54) is 122 Å². The first-order valence-corrected chi connectivity index (χ1v) is 12.0. The summed E-state index contributed by atoms with van der Waals surface area (Å²) in [5.41, 5.74) is 0. The fourth-order valence-corrected chi connectivity index (χ4v) is 3.94. The molecule has 1 unspecified atom stereocenters. The number of unbranched alkanes of at least 4 members (excludes halogenated alkanes) is 18. The summed E-state index contributed by atoms with van der Waals surface area (Å²) in [5.74, 6) is 0.271. The molecule has 154 valence electrons. The topological polar surface area (TPSA) is 26.3 Å². The Hall–Kier alpha value is -0.530. The van der Waals surface area contributed by atoms with E-state index in [9.17, 15) is 4.79 Å². The van der Waals surface area contributed by atoms with Gasteiger partial charge >= 0.3 is 5.97 Å². The van der Waals surface area contributed by atoms with Crippen molar-refractivity contribution in [2.45, 2.75) is 135 Å². The van der Waals surface area contributed by atoms with Crippen LogP contribution < -0.4 is 0 Å². The Labute approximate surface area is 163 Å². The Morgan fingerprint density at radius 1 is 0.615 bits per heavy atom. The summed E-state index contributed by atoms with van der Waals surface area (Å²) in [4.78, 5) is 11.0. The maximum absolute atomic E-state index is 11.0. The molecule has 0 aromatic heterocycles. The van der Waals surface area contributed by atoms with E-state index in [0.717, 1.165) is 6.42 Å². The van der Waals surface area contributed by atoms with Gasteiger partial charge in [-0.05, 0) is 6.42 Å². The van der Waals surface area contributed by atoms with Crippen molar-refractivity contribution in [3.05, 3.63) is 0 Å². The van der Waals surface area contributed by atoms with E-state index in [1.807, 2.05) is 0 Å². The minimum absolute atomic E-state index is 0.0346. The molecule has 1 fully saturated rings. The van der Waals surface area contributed by atoms with Gasteiger partial charge in [-0.3, -0.25) is 4.79 Å². The smallest absolute Gasteiger partial charge is 0.312 e. The van der Waals surface area contributed by atoms with Gasteiger partial charge in [0.25, 0.3) is 0 Å². The predicted octanol–water partition coefficient (Wildman–Crippen LogP) is 7.98. The largest absolute Gasteiger partial charge is 0.464 e. The Bertz CT molecular complexity index is 313. The quantitative estimate of drug-likeness (QED) is 0.161.